The summed E-state index contributed by atoms with van der Waals surface area (Å²) in [5.41, 5.74) is 2.23. The van der Waals surface area contributed by atoms with Crippen LogP contribution in [0.15, 0.2) is 18.2 Å². The highest BCUT2D eigenvalue weighted by Gasteiger charge is 2.33. The Bertz CT molecular complexity index is 440. The van der Waals surface area contributed by atoms with Crippen LogP contribution < -0.4 is 5.32 Å². The molecule has 0 bridgehead atoms. The van der Waals surface area contributed by atoms with Gasteiger partial charge in [-0.25, -0.2) is 4.79 Å². The molecular weight excluding hydrogens is 226 g/mol. The Labute approximate surface area is 109 Å². The fourth-order valence-corrected chi connectivity index (χ4v) is 2.26. The maximum atomic E-state index is 11.5. The molecule has 0 radical (unpaired) electrons. The van der Waals surface area contributed by atoms with Crippen LogP contribution in [0.4, 0.5) is 5.69 Å². The number of aryl methyl sites for hydroxylation is 2. The molecule has 2 N–H and O–H groups in total. The molecule has 0 fully saturated rings. The summed E-state index contributed by atoms with van der Waals surface area (Å²) in [5.74, 6) is -0.486. The summed E-state index contributed by atoms with van der Waals surface area (Å²) in [5, 5.41) is 12.6. The Morgan fingerprint density at radius 2 is 2.00 bits per heavy atom. The van der Waals surface area contributed by atoms with Gasteiger partial charge in [-0.3, -0.25) is 0 Å². The van der Waals surface area contributed by atoms with Crippen molar-refractivity contribution in [2.45, 2.75) is 46.6 Å². The summed E-state index contributed by atoms with van der Waals surface area (Å²) in [4.78, 5) is 11.5. The molecule has 0 heterocycles. The van der Waals surface area contributed by atoms with Crippen molar-refractivity contribution in [1.82, 2.24) is 0 Å². The Kier molecular flexibility index (Phi) is 4.38. The quantitative estimate of drug-likeness (QED) is 0.838. The predicted octanol–water partition coefficient (Wildman–Crippen LogP) is 3.60. The molecule has 0 aliphatic carbocycles. The fraction of sp³-hybridized carbons (Fsp3) is 0.533. The minimum atomic E-state index is -0.922. The molecule has 1 atom stereocenters. The van der Waals surface area contributed by atoms with E-state index < -0.39 is 11.5 Å². The average molecular weight is 249 g/mol. The van der Waals surface area contributed by atoms with Crippen molar-refractivity contribution in [2.75, 3.05) is 5.32 Å². The van der Waals surface area contributed by atoms with Crippen LogP contribution in [-0.2, 0) is 4.79 Å². The van der Waals surface area contributed by atoms with E-state index in [1.807, 2.05) is 39.8 Å². The number of nitrogens with one attached hydrogen (secondary N) is 1. The molecule has 0 aliphatic rings. The van der Waals surface area contributed by atoms with Crippen LogP contribution >= 0.6 is 0 Å². The zero-order valence-corrected chi connectivity index (χ0v) is 11.9. The molecule has 0 aliphatic heterocycles. The Balaban J connectivity index is 3.00. The van der Waals surface area contributed by atoms with Gasteiger partial charge in [0.1, 0.15) is 5.54 Å². The Morgan fingerprint density at radius 3 is 2.44 bits per heavy atom. The van der Waals surface area contributed by atoms with Crippen LogP contribution in [0.2, 0.25) is 0 Å². The largest absolute Gasteiger partial charge is 0.480 e. The molecule has 100 valence electrons. The zero-order chi connectivity index (χ0) is 13.9. The maximum Gasteiger partial charge on any atom is 0.329 e. The topological polar surface area (TPSA) is 49.3 Å². The molecule has 0 amide bonds. The second kappa shape index (κ2) is 5.42. The SMILES string of the molecule is Cc1ccc(NC(C)(CC(C)C)C(=O)O)c(C)c1. The van der Waals surface area contributed by atoms with Gasteiger partial charge >= 0.3 is 5.97 Å². The zero-order valence-electron chi connectivity index (χ0n) is 11.9. The van der Waals surface area contributed by atoms with Gasteiger partial charge in [0.05, 0.1) is 0 Å². The highest BCUT2D eigenvalue weighted by Crippen LogP contribution is 2.25. The van der Waals surface area contributed by atoms with Crippen LogP contribution in [0.3, 0.4) is 0 Å². The van der Waals surface area contributed by atoms with E-state index in [2.05, 4.69) is 11.4 Å². The summed E-state index contributed by atoms with van der Waals surface area (Å²) >= 11 is 0. The molecule has 0 spiro atoms. The first-order valence-electron chi connectivity index (χ1n) is 6.33. The van der Waals surface area contributed by atoms with Gasteiger partial charge in [-0.05, 0) is 44.7 Å². The first kappa shape index (κ1) is 14.6. The lowest BCUT2D eigenvalue weighted by Crippen LogP contribution is -2.44. The lowest BCUT2D eigenvalue weighted by atomic mass is 9.90. The molecule has 0 saturated carbocycles. The number of anilines is 1. The molecule has 1 aromatic carbocycles. The molecule has 3 heteroatoms. The van der Waals surface area contributed by atoms with Crippen LogP contribution in [-0.4, -0.2) is 16.6 Å². The standard InChI is InChI=1S/C15H23NO2/c1-10(2)9-15(5,14(17)18)16-13-7-6-11(3)8-12(13)4/h6-8,10,16H,9H2,1-5H3,(H,17,18). The molecule has 1 unspecified atom stereocenters. The highest BCUT2D eigenvalue weighted by molar-refractivity contribution is 5.82. The van der Waals surface area contributed by atoms with E-state index in [9.17, 15) is 9.90 Å². The van der Waals surface area contributed by atoms with Crippen molar-refractivity contribution in [3.63, 3.8) is 0 Å². The van der Waals surface area contributed by atoms with Gasteiger partial charge in [-0.2, -0.15) is 0 Å². The minimum Gasteiger partial charge on any atom is -0.480 e. The third kappa shape index (κ3) is 3.49. The number of carbonyl (C=O) groups is 1. The van der Waals surface area contributed by atoms with Crippen molar-refractivity contribution in [3.05, 3.63) is 29.3 Å². The second-order valence-electron chi connectivity index (χ2n) is 5.68. The Hall–Kier alpha value is -1.51. The minimum absolute atomic E-state index is 0.323. The van der Waals surface area contributed by atoms with Gasteiger partial charge in [-0.15, -0.1) is 0 Å². The predicted molar refractivity (Wildman–Crippen MR) is 75.0 cm³/mol. The van der Waals surface area contributed by atoms with E-state index in [4.69, 9.17) is 0 Å². The summed E-state index contributed by atoms with van der Waals surface area (Å²) < 4.78 is 0. The van der Waals surface area contributed by atoms with Gasteiger partial charge in [-0.1, -0.05) is 31.5 Å². The third-order valence-corrected chi connectivity index (χ3v) is 3.08. The average Bonchev–Trinajstić information content (AvgIpc) is 2.21. The van der Waals surface area contributed by atoms with E-state index in [1.54, 1.807) is 6.92 Å². The summed E-state index contributed by atoms with van der Waals surface area (Å²) in [6, 6.07) is 6.00. The number of benzene rings is 1. The van der Waals surface area contributed by atoms with Crippen LogP contribution in [0.5, 0.6) is 0 Å². The van der Waals surface area contributed by atoms with Gasteiger partial charge < -0.3 is 10.4 Å². The van der Waals surface area contributed by atoms with Gasteiger partial charge in [0, 0.05) is 5.69 Å². The fourth-order valence-electron chi connectivity index (χ4n) is 2.26. The maximum absolute atomic E-state index is 11.5. The summed E-state index contributed by atoms with van der Waals surface area (Å²) in [7, 11) is 0. The van der Waals surface area contributed by atoms with Crippen molar-refractivity contribution in [3.8, 4) is 0 Å². The van der Waals surface area contributed by atoms with E-state index in [0.29, 0.717) is 12.3 Å². The second-order valence-corrected chi connectivity index (χ2v) is 5.68. The Morgan fingerprint density at radius 1 is 1.39 bits per heavy atom. The molecule has 18 heavy (non-hydrogen) atoms. The van der Waals surface area contributed by atoms with E-state index in [1.165, 1.54) is 5.56 Å². The van der Waals surface area contributed by atoms with Gasteiger partial charge in [0.25, 0.3) is 0 Å². The lowest BCUT2D eigenvalue weighted by Gasteiger charge is -2.30. The molecule has 0 aromatic heterocycles. The molecular formula is C15H23NO2. The van der Waals surface area contributed by atoms with Gasteiger partial charge in [0.15, 0.2) is 0 Å². The third-order valence-electron chi connectivity index (χ3n) is 3.08. The van der Waals surface area contributed by atoms with Crippen molar-refractivity contribution in [1.29, 1.82) is 0 Å². The van der Waals surface area contributed by atoms with Crippen molar-refractivity contribution < 1.29 is 9.90 Å². The van der Waals surface area contributed by atoms with Crippen LogP contribution in [0, 0.1) is 19.8 Å². The number of rotatable bonds is 5. The number of aliphatic carboxylic acids is 1. The van der Waals surface area contributed by atoms with Crippen LogP contribution in [0.1, 0.15) is 38.3 Å². The van der Waals surface area contributed by atoms with E-state index >= 15 is 0 Å². The molecule has 1 aromatic rings. The molecule has 3 nitrogen and oxygen atoms in total. The van der Waals surface area contributed by atoms with Crippen molar-refractivity contribution >= 4 is 11.7 Å². The van der Waals surface area contributed by atoms with Crippen molar-refractivity contribution in [2.24, 2.45) is 5.92 Å². The number of hydrogen-bond donors (Lipinski definition) is 2. The van der Waals surface area contributed by atoms with Gasteiger partial charge in [0.2, 0.25) is 0 Å². The first-order valence-corrected chi connectivity index (χ1v) is 6.33. The lowest BCUT2D eigenvalue weighted by molar-refractivity contribution is -0.142. The summed E-state index contributed by atoms with van der Waals surface area (Å²) in [6.45, 7) is 9.83. The smallest absolute Gasteiger partial charge is 0.329 e. The normalized spacial score (nSPS) is 14.3. The first-order chi connectivity index (χ1) is 8.24. The number of carboxylic acid groups (broad SMARTS) is 1. The highest BCUT2D eigenvalue weighted by atomic mass is 16.4. The van der Waals surface area contributed by atoms with Crippen LogP contribution in [0.25, 0.3) is 0 Å². The van der Waals surface area contributed by atoms with E-state index in [-0.39, 0.29) is 0 Å². The number of hydrogen-bond acceptors (Lipinski definition) is 2. The molecule has 0 saturated heterocycles. The van der Waals surface area contributed by atoms with E-state index in [0.717, 1.165) is 11.3 Å². The summed E-state index contributed by atoms with van der Waals surface area (Å²) in [6.07, 6.45) is 0.593. The molecule has 1 rings (SSSR count). The number of carboxylic acids is 1. The monoisotopic (exact) mass is 249 g/mol.